The lowest BCUT2D eigenvalue weighted by atomic mass is 10.2. The molecule has 3 N–H and O–H groups in total. The number of rotatable bonds is 10. The second-order valence-corrected chi connectivity index (χ2v) is 12.3. The maximum atomic E-state index is 13.6. The maximum absolute atomic E-state index is 13.6. The van der Waals surface area contributed by atoms with Crippen LogP contribution >= 0.6 is 35.3 Å². The van der Waals surface area contributed by atoms with E-state index in [4.69, 9.17) is 30.1 Å². The Morgan fingerprint density at radius 1 is 1.31 bits per heavy atom. The van der Waals surface area contributed by atoms with Gasteiger partial charge in [0, 0.05) is 12.3 Å². The van der Waals surface area contributed by atoms with Crippen molar-refractivity contribution in [2.24, 2.45) is 0 Å². The molecule has 1 aromatic carbocycles. The number of carbonyl (C=O) groups excluding carboxylic acids is 1. The monoisotopic (exact) mass is 609 g/mol. The number of nitrogens with zero attached hydrogens (tertiary/aromatic N) is 1. The Labute approximate surface area is 219 Å². The van der Waals surface area contributed by atoms with Gasteiger partial charge in [-0.25, -0.2) is 9.36 Å². The summed E-state index contributed by atoms with van der Waals surface area (Å²) in [5.41, 5.74) is -1.44. The van der Waals surface area contributed by atoms with Gasteiger partial charge in [-0.1, -0.05) is 45.7 Å². The summed E-state index contributed by atoms with van der Waals surface area (Å²) in [5, 5.41) is 13.3. The van der Waals surface area contributed by atoms with Crippen LogP contribution in [-0.4, -0.2) is 55.4 Å². The highest BCUT2D eigenvalue weighted by Gasteiger charge is 2.55. The van der Waals surface area contributed by atoms with Gasteiger partial charge in [-0.15, -0.1) is 0 Å². The molecular weight excluding hydrogens is 585 g/mol. The fourth-order valence-corrected chi connectivity index (χ4v) is 5.65. The molecule has 0 unspecified atom stereocenters. The van der Waals surface area contributed by atoms with Gasteiger partial charge in [0.2, 0.25) is 0 Å². The number of carbonyl (C=O) groups is 1. The predicted octanol–water partition coefficient (Wildman–Crippen LogP) is 2.26. The molecule has 198 valence electrons. The number of H-pyrrole nitrogens is 1. The third-order valence-electron chi connectivity index (χ3n) is 4.92. The van der Waals surface area contributed by atoms with Crippen LogP contribution in [0.15, 0.2) is 52.2 Å². The fraction of sp³-hybridized carbons (Fsp3) is 0.476. The molecule has 0 amide bonds. The minimum absolute atomic E-state index is 0.190. The lowest BCUT2D eigenvalue weighted by Gasteiger charge is -2.25. The SMILES string of the molecule is CC(C)OC(=O)[C@H](C)N[P@](=O)(OC[C@H]1O[C@@H](n2ccc(=O)[nH]c2=O)[C@](Cl)(Br)[C@@H]1O)Oc1ccccc1. The van der Waals surface area contributed by atoms with Gasteiger partial charge in [-0.3, -0.25) is 23.7 Å². The average Bonchev–Trinajstić information content (AvgIpc) is 3.01. The quantitative estimate of drug-likeness (QED) is 0.207. The second-order valence-electron chi connectivity index (χ2n) is 8.20. The summed E-state index contributed by atoms with van der Waals surface area (Å²) >= 11 is 9.60. The lowest BCUT2D eigenvalue weighted by molar-refractivity contribution is -0.149. The van der Waals surface area contributed by atoms with Crippen molar-refractivity contribution in [2.45, 2.75) is 55.1 Å². The van der Waals surface area contributed by atoms with Crippen LogP contribution in [0.5, 0.6) is 5.75 Å². The standard InChI is InChI=1S/C21H26BrClN3O9P/c1-12(2)33-18(29)13(3)25-36(31,35-14-7-5-4-6-8-14)32-11-15-17(28)21(22,23)19(34-15)26-10-9-16(27)24-20(26)30/h4-10,12-13,15,17,19,28H,11H2,1-3H3,(H,25,31)(H,24,27,30)/t13-,15+,17+,19+,21-,36-/m0/s1. The van der Waals surface area contributed by atoms with E-state index in [0.29, 0.717) is 0 Å². The number of aromatic nitrogens is 2. The van der Waals surface area contributed by atoms with E-state index in [2.05, 4.69) is 26.0 Å². The molecule has 2 heterocycles. The van der Waals surface area contributed by atoms with Crippen molar-refractivity contribution in [1.82, 2.24) is 14.6 Å². The van der Waals surface area contributed by atoms with Gasteiger partial charge in [0.15, 0.2) is 10.0 Å². The number of halogens is 2. The van der Waals surface area contributed by atoms with Gasteiger partial charge in [0.1, 0.15) is 24.0 Å². The first-order valence-electron chi connectivity index (χ1n) is 10.8. The molecule has 6 atom stereocenters. The van der Waals surface area contributed by atoms with Crippen LogP contribution in [0.1, 0.15) is 27.0 Å². The van der Waals surface area contributed by atoms with Crippen molar-refractivity contribution in [3.63, 3.8) is 0 Å². The number of aliphatic hydroxyl groups is 1. The van der Waals surface area contributed by atoms with E-state index in [9.17, 15) is 24.1 Å². The summed E-state index contributed by atoms with van der Waals surface area (Å²) < 4.78 is 34.9. The van der Waals surface area contributed by atoms with Crippen LogP contribution in [0.3, 0.4) is 0 Å². The summed E-state index contributed by atoms with van der Waals surface area (Å²) in [6.07, 6.45) is -3.17. The Balaban J connectivity index is 1.80. The molecule has 2 aromatic rings. The number of alkyl halides is 2. The number of aliphatic hydroxyl groups excluding tert-OH is 1. The van der Waals surface area contributed by atoms with E-state index < -0.39 is 65.9 Å². The number of hydrogen-bond acceptors (Lipinski definition) is 9. The number of aromatic amines is 1. The van der Waals surface area contributed by atoms with Gasteiger partial charge in [-0.05, 0) is 32.9 Å². The molecule has 0 aliphatic carbocycles. The van der Waals surface area contributed by atoms with Gasteiger partial charge in [0.25, 0.3) is 5.56 Å². The molecule has 1 aromatic heterocycles. The van der Waals surface area contributed by atoms with Crippen LogP contribution in [0.25, 0.3) is 0 Å². The summed E-state index contributed by atoms with van der Waals surface area (Å²) in [4.78, 5) is 38.0. The number of nitrogens with one attached hydrogen (secondary N) is 2. The van der Waals surface area contributed by atoms with Crippen LogP contribution in [0, 0.1) is 0 Å². The first-order chi connectivity index (χ1) is 16.8. The van der Waals surface area contributed by atoms with Crippen molar-refractivity contribution >= 4 is 41.2 Å². The van der Waals surface area contributed by atoms with Crippen LogP contribution in [-0.2, 0) is 23.4 Å². The number of benzene rings is 1. The molecule has 0 radical (unpaired) electrons. The number of hydrogen-bond donors (Lipinski definition) is 3. The van der Waals surface area contributed by atoms with Crippen LogP contribution in [0.4, 0.5) is 0 Å². The van der Waals surface area contributed by atoms with E-state index in [1.54, 1.807) is 32.0 Å². The highest BCUT2D eigenvalue weighted by Crippen LogP contribution is 2.50. The summed E-state index contributed by atoms with van der Waals surface area (Å²) in [5.74, 6) is -0.490. The minimum Gasteiger partial charge on any atom is -0.462 e. The second kappa shape index (κ2) is 11.6. The molecule has 1 aliphatic heterocycles. The molecular formula is C21H26BrClN3O9P. The molecule has 1 fully saturated rings. The number of para-hydroxylation sites is 1. The fourth-order valence-electron chi connectivity index (χ4n) is 3.22. The summed E-state index contributed by atoms with van der Waals surface area (Å²) in [6.45, 7) is 4.25. The summed E-state index contributed by atoms with van der Waals surface area (Å²) in [6, 6.07) is 8.12. The minimum atomic E-state index is -4.24. The molecule has 0 spiro atoms. The molecule has 12 nitrogen and oxygen atoms in total. The first-order valence-corrected chi connectivity index (χ1v) is 13.5. The molecule has 1 aliphatic rings. The van der Waals surface area contributed by atoms with E-state index in [0.717, 1.165) is 16.8 Å². The largest absolute Gasteiger partial charge is 0.462 e. The molecule has 3 rings (SSSR count). The van der Waals surface area contributed by atoms with Crippen LogP contribution < -0.4 is 20.9 Å². The molecule has 15 heteroatoms. The topological polar surface area (TPSA) is 158 Å². The summed E-state index contributed by atoms with van der Waals surface area (Å²) in [7, 11) is -4.24. The Hall–Kier alpha value is -1.99. The zero-order chi connectivity index (χ0) is 26.7. The molecule has 0 saturated carbocycles. The van der Waals surface area contributed by atoms with Crippen molar-refractivity contribution in [1.29, 1.82) is 0 Å². The van der Waals surface area contributed by atoms with Gasteiger partial charge >= 0.3 is 19.4 Å². The Morgan fingerprint density at radius 3 is 2.58 bits per heavy atom. The predicted molar refractivity (Wildman–Crippen MR) is 133 cm³/mol. The Morgan fingerprint density at radius 2 is 1.97 bits per heavy atom. The highest BCUT2D eigenvalue weighted by molar-refractivity contribution is 9.10. The third-order valence-corrected chi connectivity index (χ3v) is 7.83. The zero-order valence-corrected chi connectivity index (χ0v) is 22.7. The van der Waals surface area contributed by atoms with Crippen molar-refractivity contribution in [2.75, 3.05) is 6.61 Å². The van der Waals surface area contributed by atoms with Crippen molar-refractivity contribution < 1.29 is 33.0 Å². The third kappa shape index (κ3) is 6.86. The van der Waals surface area contributed by atoms with Crippen molar-refractivity contribution in [3.05, 3.63) is 63.4 Å². The van der Waals surface area contributed by atoms with Crippen LogP contribution in [0.2, 0.25) is 0 Å². The number of esters is 1. The van der Waals surface area contributed by atoms with Gasteiger partial charge < -0.3 is 19.1 Å². The molecule has 0 bridgehead atoms. The van der Waals surface area contributed by atoms with Crippen molar-refractivity contribution in [3.8, 4) is 5.75 Å². The van der Waals surface area contributed by atoms with Gasteiger partial charge in [-0.2, -0.15) is 5.09 Å². The van der Waals surface area contributed by atoms with E-state index >= 15 is 0 Å². The van der Waals surface area contributed by atoms with E-state index in [1.165, 1.54) is 19.1 Å². The average molecular weight is 611 g/mol. The van der Waals surface area contributed by atoms with E-state index in [1.807, 2.05) is 0 Å². The number of ether oxygens (including phenoxy) is 2. The molecule has 1 saturated heterocycles. The molecule has 36 heavy (non-hydrogen) atoms. The highest BCUT2D eigenvalue weighted by atomic mass is 79.9. The Bertz CT molecular complexity index is 1220. The lowest BCUT2D eigenvalue weighted by Crippen LogP contribution is -2.41. The zero-order valence-electron chi connectivity index (χ0n) is 19.5. The maximum Gasteiger partial charge on any atom is 0.459 e. The Kier molecular flexibility index (Phi) is 9.20. The smallest absolute Gasteiger partial charge is 0.459 e. The normalized spacial score (nSPS) is 26.4. The van der Waals surface area contributed by atoms with Gasteiger partial charge in [0.05, 0.1) is 12.7 Å². The van der Waals surface area contributed by atoms with E-state index in [-0.39, 0.29) is 5.75 Å². The first kappa shape index (κ1) is 28.6.